The van der Waals surface area contributed by atoms with Gasteiger partial charge < -0.3 is 10.4 Å². The van der Waals surface area contributed by atoms with E-state index in [-0.39, 0.29) is 11.7 Å². The highest BCUT2D eigenvalue weighted by molar-refractivity contribution is 7.14. The zero-order valence-electron chi connectivity index (χ0n) is 14.4. The molecule has 1 aliphatic carbocycles. The van der Waals surface area contributed by atoms with Gasteiger partial charge >= 0.3 is 0 Å². The molecule has 0 fully saturated rings. The Kier molecular flexibility index (Phi) is 4.42. The van der Waals surface area contributed by atoms with Gasteiger partial charge in [-0.3, -0.25) is 4.79 Å². The monoisotopic (exact) mass is 365 g/mol. The van der Waals surface area contributed by atoms with Crippen molar-refractivity contribution in [3.05, 3.63) is 58.0 Å². The first-order valence-electron chi connectivity index (χ1n) is 8.63. The number of thiophene rings is 1. The van der Waals surface area contributed by atoms with E-state index in [0.717, 1.165) is 23.3 Å². The summed E-state index contributed by atoms with van der Waals surface area (Å²) in [5, 5.41) is 12.4. The number of anilines is 1. The first-order chi connectivity index (χ1) is 12.6. The highest BCUT2D eigenvalue weighted by Crippen LogP contribution is 2.32. The van der Waals surface area contributed by atoms with Crippen LogP contribution >= 0.6 is 11.3 Å². The zero-order chi connectivity index (χ0) is 18.1. The lowest BCUT2D eigenvalue weighted by Gasteiger charge is -2.16. The van der Waals surface area contributed by atoms with Crippen LogP contribution in [0.5, 0.6) is 5.75 Å². The second kappa shape index (κ2) is 6.88. The van der Waals surface area contributed by atoms with E-state index in [0.29, 0.717) is 17.4 Å². The number of fused-ring (bicyclic) bond motifs is 1. The maximum absolute atomic E-state index is 12.5. The number of hydrogen-bond donors (Lipinski definition) is 2. The zero-order valence-corrected chi connectivity index (χ0v) is 15.2. The second-order valence-corrected chi connectivity index (χ2v) is 7.84. The Morgan fingerprint density at radius 2 is 2.08 bits per heavy atom. The molecule has 2 N–H and O–H groups in total. The summed E-state index contributed by atoms with van der Waals surface area (Å²) in [6.45, 7) is 2.26. The van der Waals surface area contributed by atoms with Gasteiger partial charge in [0, 0.05) is 10.4 Å². The van der Waals surface area contributed by atoms with Crippen LogP contribution in [0.25, 0.3) is 11.4 Å². The molecular weight excluding hydrogens is 346 g/mol. The van der Waals surface area contributed by atoms with Gasteiger partial charge in [-0.25, -0.2) is 9.97 Å². The van der Waals surface area contributed by atoms with Gasteiger partial charge in [-0.1, -0.05) is 19.1 Å². The van der Waals surface area contributed by atoms with Gasteiger partial charge in [-0.2, -0.15) is 0 Å². The molecule has 2 heterocycles. The highest BCUT2D eigenvalue weighted by atomic mass is 32.1. The van der Waals surface area contributed by atoms with Crippen LogP contribution in [-0.2, 0) is 12.8 Å². The molecule has 1 aliphatic rings. The first kappa shape index (κ1) is 16.7. The normalized spacial score (nSPS) is 16.1. The SMILES string of the molecule is CC1CCc2sc(C(=O)Nc3cnc(-c4cccc(O)c4)nc3)cc2C1. The van der Waals surface area contributed by atoms with Gasteiger partial charge in [-0.05, 0) is 48.9 Å². The predicted molar refractivity (Wildman–Crippen MR) is 103 cm³/mol. The summed E-state index contributed by atoms with van der Waals surface area (Å²) in [6.07, 6.45) is 6.48. The van der Waals surface area contributed by atoms with E-state index < -0.39 is 0 Å². The van der Waals surface area contributed by atoms with Gasteiger partial charge in [0.15, 0.2) is 5.82 Å². The predicted octanol–water partition coefficient (Wildman–Crippen LogP) is 4.29. The Morgan fingerprint density at radius 3 is 2.85 bits per heavy atom. The van der Waals surface area contributed by atoms with E-state index in [4.69, 9.17) is 0 Å². The molecule has 1 aromatic carbocycles. The minimum absolute atomic E-state index is 0.120. The van der Waals surface area contributed by atoms with E-state index in [9.17, 15) is 9.90 Å². The maximum atomic E-state index is 12.5. The van der Waals surface area contributed by atoms with E-state index >= 15 is 0 Å². The average molecular weight is 365 g/mol. The molecule has 0 bridgehead atoms. The number of phenolic OH excluding ortho intramolecular Hbond substituents is 1. The number of rotatable bonds is 3. The third kappa shape index (κ3) is 3.46. The first-order valence-corrected chi connectivity index (χ1v) is 9.44. The molecule has 0 saturated heterocycles. The van der Waals surface area contributed by atoms with E-state index in [2.05, 4.69) is 22.2 Å². The van der Waals surface area contributed by atoms with Gasteiger partial charge in [0.05, 0.1) is 23.0 Å². The lowest BCUT2D eigenvalue weighted by Crippen LogP contribution is -2.11. The molecule has 0 radical (unpaired) electrons. The number of nitrogens with zero attached hydrogens (tertiary/aromatic N) is 2. The molecule has 5 nitrogen and oxygen atoms in total. The molecule has 2 aromatic heterocycles. The number of carbonyl (C=O) groups is 1. The Hall–Kier alpha value is -2.73. The molecule has 26 heavy (non-hydrogen) atoms. The highest BCUT2D eigenvalue weighted by Gasteiger charge is 2.20. The summed E-state index contributed by atoms with van der Waals surface area (Å²) in [5.41, 5.74) is 2.59. The van der Waals surface area contributed by atoms with Crippen molar-refractivity contribution in [1.29, 1.82) is 0 Å². The Morgan fingerprint density at radius 1 is 1.27 bits per heavy atom. The maximum Gasteiger partial charge on any atom is 0.265 e. The molecular formula is C20H19N3O2S. The standard InChI is InChI=1S/C20H19N3O2S/c1-12-5-6-17-14(7-12)9-18(26-17)20(25)23-15-10-21-19(22-11-15)13-3-2-4-16(24)8-13/h2-4,8-12,24H,5-7H2,1H3,(H,23,25). The summed E-state index contributed by atoms with van der Waals surface area (Å²) in [6, 6.07) is 8.78. The summed E-state index contributed by atoms with van der Waals surface area (Å²) in [7, 11) is 0. The Labute approximate surface area is 155 Å². The van der Waals surface area contributed by atoms with Gasteiger partial charge in [-0.15, -0.1) is 11.3 Å². The fourth-order valence-corrected chi connectivity index (χ4v) is 4.30. The van der Waals surface area contributed by atoms with E-state index in [1.807, 2.05) is 12.1 Å². The van der Waals surface area contributed by atoms with Crippen molar-refractivity contribution in [3.63, 3.8) is 0 Å². The Balaban J connectivity index is 1.48. The quantitative estimate of drug-likeness (QED) is 0.726. The average Bonchev–Trinajstić information content (AvgIpc) is 3.05. The van der Waals surface area contributed by atoms with Crippen molar-refractivity contribution in [2.45, 2.75) is 26.2 Å². The smallest absolute Gasteiger partial charge is 0.265 e. The van der Waals surface area contributed by atoms with Crippen LogP contribution in [0.2, 0.25) is 0 Å². The van der Waals surface area contributed by atoms with Crippen molar-refractivity contribution in [3.8, 4) is 17.1 Å². The summed E-state index contributed by atoms with van der Waals surface area (Å²) < 4.78 is 0. The largest absolute Gasteiger partial charge is 0.508 e. The molecule has 1 atom stereocenters. The van der Waals surface area contributed by atoms with Crippen LogP contribution in [-0.4, -0.2) is 21.0 Å². The number of aryl methyl sites for hydroxylation is 1. The summed E-state index contributed by atoms with van der Waals surface area (Å²) in [5.74, 6) is 1.23. The van der Waals surface area contributed by atoms with Crippen molar-refractivity contribution < 1.29 is 9.90 Å². The number of aromatic hydroxyl groups is 1. The molecule has 0 saturated carbocycles. The molecule has 4 rings (SSSR count). The minimum Gasteiger partial charge on any atom is -0.508 e. The van der Waals surface area contributed by atoms with Crippen molar-refractivity contribution in [1.82, 2.24) is 9.97 Å². The van der Waals surface area contributed by atoms with Crippen molar-refractivity contribution in [2.24, 2.45) is 5.92 Å². The Bertz CT molecular complexity index is 950. The fraction of sp³-hybridized carbons (Fsp3) is 0.250. The van der Waals surface area contributed by atoms with Gasteiger partial charge in [0.1, 0.15) is 5.75 Å². The van der Waals surface area contributed by atoms with Crippen LogP contribution < -0.4 is 5.32 Å². The van der Waals surface area contributed by atoms with Crippen LogP contribution in [0.1, 0.15) is 33.5 Å². The molecule has 1 unspecified atom stereocenters. The van der Waals surface area contributed by atoms with Crippen LogP contribution in [0.15, 0.2) is 42.7 Å². The minimum atomic E-state index is -0.120. The number of nitrogens with one attached hydrogen (secondary N) is 1. The lowest BCUT2D eigenvalue weighted by molar-refractivity contribution is 0.103. The van der Waals surface area contributed by atoms with Crippen LogP contribution in [0.4, 0.5) is 5.69 Å². The molecule has 0 spiro atoms. The van der Waals surface area contributed by atoms with Gasteiger partial charge in [0.2, 0.25) is 0 Å². The molecule has 132 valence electrons. The molecule has 0 aliphatic heterocycles. The topological polar surface area (TPSA) is 75.1 Å². The lowest BCUT2D eigenvalue weighted by atomic mass is 9.90. The molecule has 6 heteroatoms. The number of amides is 1. The third-order valence-electron chi connectivity index (χ3n) is 4.57. The number of phenols is 1. The number of carbonyl (C=O) groups excluding carboxylic acids is 1. The van der Waals surface area contributed by atoms with Crippen LogP contribution in [0, 0.1) is 5.92 Å². The van der Waals surface area contributed by atoms with E-state index in [1.165, 1.54) is 16.9 Å². The van der Waals surface area contributed by atoms with E-state index in [1.54, 1.807) is 41.9 Å². The third-order valence-corrected chi connectivity index (χ3v) is 5.80. The van der Waals surface area contributed by atoms with Gasteiger partial charge in [0.25, 0.3) is 5.91 Å². The number of aromatic nitrogens is 2. The second-order valence-electron chi connectivity index (χ2n) is 6.71. The van der Waals surface area contributed by atoms with Crippen molar-refractivity contribution >= 4 is 22.9 Å². The fourth-order valence-electron chi connectivity index (χ4n) is 3.20. The van der Waals surface area contributed by atoms with Crippen molar-refractivity contribution in [2.75, 3.05) is 5.32 Å². The number of hydrogen-bond acceptors (Lipinski definition) is 5. The molecule has 3 aromatic rings. The summed E-state index contributed by atoms with van der Waals surface area (Å²) >= 11 is 1.59. The number of benzene rings is 1. The van der Waals surface area contributed by atoms with Crippen LogP contribution in [0.3, 0.4) is 0 Å². The molecule has 1 amide bonds. The summed E-state index contributed by atoms with van der Waals surface area (Å²) in [4.78, 5) is 23.2.